The number of nitrogens with zero attached hydrogens (tertiary/aromatic N) is 3. The third-order valence-electron chi connectivity index (χ3n) is 7.35. The Bertz CT molecular complexity index is 1050. The molecule has 4 unspecified atom stereocenters. The first-order valence-corrected chi connectivity index (χ1v) is 13.5. The van der Waals surface area contributed by atoms with Gasteiger partial charge in [0.25, 0.3) is 5.91 Å². The maximum Gasteiger partial charge on any atom is 0.251 e. The molecular formula is C28H41N5O5. The van der Waals surface area contributed by atoms with E-state index in [0.717, 1.165) is 18.8 Å². The predicted molar refractivity (Wildman–Crippen MR) is 145 cm³/mol. The molecular weight excluding hydrogens is 486 g/mol. The van der Waals surface area contributed by atoms with Crippen LogP contribution in [0.15, 0.2) is 24.3 Å². The van der Waals surface area contributed by atoms with Crippen LogP contribution in [-0.2, 0) is 19.2 Å². The monoisotopic (exact) mass is 527 g/mol. The van der Waals surface area contributed by atoms with Crippen LogP contribution in [0.2, 0.25) is 0 Å². The topological polar surface area (TPSA) is 119 Å². The Morgan fingerprint density at radius 1 is 0.974 bits per heavy atom. The van der Waals surface area contributed by atoms with Crippen molar-refractivity contribution in [2.24, 2.45) is 5.92 Å². The molecule has 0 aromatic heterocycles. The third-order valence-corrected chi connectivity index (χ3v) is 7.35. The van der Waals surface area contributed by atoms with Crippen molar-refractivity contribution in [1.82, 2.24) is 20.4 Å². The molecule has 208 valence electrons. The van der Waals surface area contributed by atoms with E-state index < -0.39 is 24.2 Å². The van der Waals surface area contributed by atoms with Gasteiger partial charge in [0.15, 0.2) is 5.78 Å². The lowest BCUT2D eigenvalue weighted by atomic mass is 10.0. The standard InChI is InChI=1S/C28H41N5O5/c1-7-31(8-2)21-11-9-20(10-12-21)26(36)30-22(15-17(3)4)28(38)32-14-13-23-25(32)24(35)16-33(23)27(37)18(5)29-19(6)34/h9-12,17-18,22-23,25H,7-8,13-16H2,1-6H3,(H,29,34)(H,30,36). The number of amides is 4. The molecule has 10 heteroatoms. The van der Waals surface area contributed by atoms with Crippen LogP contribution in [0.1, 0.15) is 64.7 Å². The molecule has 0 aliphatic carbocycles. The molecule has 2 heterocycles. The van der Waals surface area contributed by atoms with Crippen LogP contribution < -0.4 is 15.5 Å². The van der Waals surface area contributed by atoms with Gasteiger partial charge < -0.3 is 25.3 Å². The predicted octanol–water partition coefficient (Wildman–Crippen LogP) is 1.58. The number of likely N-dealkylation sites (tertiary alicyclic amines) is 2. The number of carbonyl (C=O) groups is 5. The van der Waals surface area contributed by atoms with Crippen LogP contribution in [0.25, 0.3) is 0 Å². The minimum atomic E-state index is -0.792. The van der Waals surface area contributed by atoms with E-state index in [-0.39, 0.29) is 41.9 Å². The lowest BCUT2D eigenvalue weighted by Crippen LogP contribution is -2.53. The number of rotatable bonds is 10. The number of anilines is 1. The number of carbonyl (C=O) groups excluding carboxylic acids is 5. The number of Topliss-reactive ketones (excluding diaryl/α,β-unsaturated/α-hetero) is 1. The van der Waals surface area contributed by atoms with Gasteiger partial charge in [-0.15, -0.1) is 0 Å². The molecule has 2 aliphatic rings. The molecule has 1 aromatic carbocycles. The van der Waals surface area contributed by atoms with Crippen molar-refractivity contribution in [3.63, 3.8) is 0 Å². The highest BCUT2D eigenvalue weighted by Crippen LogP contribution is 2.31. The van der Waals surface area contributed by atoms with Crippen LogP contribution in [-0.4, -0.2) is 89.6 Å². The fourth-order valence-electron chi connectivity index (χ4n) is 5.52. The number of ketones is 1. The van der Waals surface area contributed by atoms with Crippen molar-refractivity contribution in [2.75, 3.05) is 31.1 Å². The molecule has 0 bridgehead atoms. The summed E-state index contributed by atoms with van der Waals surface area (Å²) >= 11 is 0. The molecule has 10 nitrogen and oxygen atoms in total. The second-order valence-electron chi connectivity index (χ2n) is 10.6. The zero-order valence-electron chi connectivity index (χ0n) is 23.3. The minimum absolute atomic E-state index is 0.0953. The van der Waals surface area contributed by atoms with Crippen LogP contribution in [0, 0.1) is 5.92 Å². The van der Waals surface area contributed by atoms with E-state index >= 15 is 0 Å². The van der Waals surface area contributed by atoms with Gasteiger partial charge in [-0.3, -0.25) is 24.0 Å². The number of hydrogen-bond donors (Lipinski definition) is 2. The SMILES string of the molecule is CCN(CC)c1ccc(C(=O)NC(CC(C)C)C(=O)N2CCC3C2C(=O)CN3C(=O)C(C)NC(C)=O)cc1. The highest BCUT2D eigenvalue weighted by atomic mass is 16.2. The first kappa shape index (κ1) is 29.1. The van der Waals surface area contributed by atoms with Crippen molar-refractivity contribution < 1.29 is 24.0 Å². The van der Waals surface area contributed by atoms with E-state index in [1.807, 2.05) is 26.0 Å². The molecule has 4 amide bonds. The van der Waals surface area contributed by atoms with Crippen LogP contribution in [0.4, 0.5) is 5.69 Å². The first-order valence-electron chi connectivity index (χ1n) is 13.5. The van der Waals surface area contributed by atoms with Gasteiger partial charge in [0.1, 0.15) is 18.1 Å². The summed E-state index contributed by atoms with van der Waals surface area (Å²) in [5.41, 5.74) is 1.48. The van der Waals surface area contributed by atoms with Crippen molar-refractivity contribution in [3.05, 3.63) is 29.8 Å². The Labute approximate surface area is 225 Å². The summed E-state index contributed by atoms with van der Waals surface area (Å²) in [5.74, 6) is -1.39. The average molecular weight is 528 g/mol. The maximum absolute atomic E-state index is 13.7. The number of hydrogen-bond acceptors (Lipinski definition) is 6. The quantitative estimate of drug-likeness (QED) is 0.477. The van der Waals surface area contributed by atoms with Gasteiger partial charge in [-0.25, -0.2) is 0 Å². The van der Waals surface area contributed by atoms with Crippen LogP contribution in [0.5, 0.6) is 0 Å². The van der Waals surface area contributed by atoms with E-state index in [0.29, 0.717) is 24.9 Å². The zero-order chi connectivity index (χ0) is 28.1. The normalized spacial score (nSPS) is 20.2. The van der Waals surface area contributed by atoms with Crippen molar-refractivity contribution in [3.8, 4) is 0 Å². The molecule has 2 aliphatic heterocycles. The molecule has 2 fully saturated rings. The molecule has 0 radical (unpaired) electrons. The molecule has 2 saturated heterocycles. The molecule has 2 N–H and O–H groups in total. The Morgan fingerprint density at radius 3 is 2.16 bits per heavy atom. The van der Waals surface area contributed by atoms with Gasteiger partial charge >= 0.3 is 0 Å². The molecule has 38 heavy (non-hydrogen) atoms. The zero-order valence-corrected chi connectivity index (χ0v) is 23.3. The van der Waals surface area contributed by atoms with Gasteiger partial charge in [-0.05, 0) is 63.8 Å². The number of nitrogens with one attached hydrogen (secondary N) is 2. The molecule has 1 aromatic rings. The maximum atomic E-state index is 13.7. The summed E-state index contributed by atoms with van der Waals surface area (Å²) in [5, 5.41) is 5.47. The summed E-state index contributed by atoms with van der Waals surface area (Å²) in [4.78, 5) is 69.3. The summed E-state index contributed by atoms with van der Waals surface area (Å²) in [6.45, 7) is 13.0. The third kappa shape index (κ3) is 6.34. The van der Waals surface area contributed by atoms with Gasteiger partial charge in [0.05, 0.1) is 12.6 Å². The fourth-order valence-corrected chi connectivity index (χ4v) is 5.52. The lowest BCUT2D eigenvalue weighted by molar-refractivity contribution is -0.138. The second kappa shape index (κ2) is 12.4. The van der Waals surface area contributed by atoms with Gasteiger partial charge in [0.2, 0.25) is 17.7 Å². The van der Waals surface area contributed by atoms with Gasteiger partial charge in [0, 0.05) is 37.8 Å². The summed E-state index contributed by atoms with van der Waals surface area (Å²) < 4.78 is 0. The Hall–Kier alpha value is -3.43. The van der Waals surface area contributed by atoms with Crippen molar-refractivity contribution >= 4 is 35.1 Å². The number of fused-ring (bicyclic) bond motifs is 1. The van der Waals surface area contributed by atoms with Crippen molar-refractivity contribution in [2.45, 2.75) is 78.6 Å². The number of benzene rings is 1. The largest absolute Gasteiger partial charge is 0.372 e. The smallest absolute Gasteiger partial charge is 0.251 e. The average Bonchev–Trinajstić information content (AvgIpc) is 3.44. The summed E-state index contributed by atoms with van der Waals surface area (Å²) in [7, 11) is 0. The van der Waals surface area contributed by atoms with Crippen molar-refractivity contribution in [1.29, 1.82) is 0 Å². The highest BCUT2D eigenvalue weighted by molar-refractivity contribution is 6.01. The first-order chi connectivity index (χ1) is 18.0. The fraction of sp³-hybridized carbons (Fsp3) is 0.607. The molecule has 0 saturated carbocycles. The van der Waals surface area contributed by atoms with E-state index in [2.05, 4.69) is 29.4 Å². The molecule has 3 rings (SSSR count). The van der Waals surface area contributed by atoms with Crippen LogP contribution >= 0.6 is 0 Å². The van der Waals surface area contributed by atoms with Crippen LogP contribution in [0.3, 0.4) is 0 Å². The van der Waals surface area contributed by atoms with Gasteiger partial charge in [-0.1, -0.05) is 13.8 Å². The Morgan fingerprint density at radius 2 is 1.61 bits per heavy atom. The highest BCUT2D eigenvalue weighted by Gasteiger charge is 2.52. The lowest BCUT2D eigenvalue weighted by Gasteiger charge is -2.29. The van der Waals surface area contributed by atoms with E-state index in [1.54, 1.807) is 19.1 Å². The molecule has 0 spiro atoms. The van der Waals surface area contributed by atoms with E-state index in [4.69, 9.17) is 0 Å². The summed E-state index contributed by atoms with van der Waals surface area (Å²) in [6, 6.07) is 4.59. The molecule has 4 atom stereocenters. The van der Waals surface area contributed by atoms with E-state index in [1.165, 1.54) is 16.7 Å². The second-order valence-corrected chi connectivity index (χ2v) is 10.6. The van der Waals surface area contributed by atoms with E-state index in [9.17, 15) is 24.0 Å². The Balaban J connectivity index is 1.74. The minimum Gasteiger partial charge on any atom is -0.372 e. The Kier molecular flexibility index (Phi) is 9.51. The summed E-state index contributed by atoms with van der Waals surface area (Å²) in [6.07, 6.45) is 0.891. The van der Waals surface area contributed by atoms with Gasteiger partial charge in [-0.2, -0.15) is 0 Å².